The second-order valence-corrected chi connectivity index (χ2v) is 7.42. The number of amides is 2. The summed E-state index contributed by atoms with van der Waals surface area (Å²) in [5, 5.41) is 12.4. The summed E-state index contributed by atoms with van der Waals surface area (Å²) in [6.07, 6.45) is 4.00. The van der Waals surface area contributed by atoms with Gasteiger partial charge in [0.05, 0.1) is 0 Å². The van der Waals surface area contributed by atoms with Crippen molar-refractivity contribution in [1.29, 1.82) is 0 Å². The lowest BCUT2D eigenvalue weighted by Crippen LogP contribution is -2.46. The predicted octanol–water partition coefficient (Wildman–Crippen LogP) is 3.62. The Bertz CT molecular complexity index is 496. The maximum Gasteiger partial charge on any atom is 0.317 e. The number of hydrogen-bond donors (Lipinski definition) is 2. The molecular formula is C20H32N2O2. The molecule has 2 amide bonds. The predicted molar refractivity (Wildman–Crippen MR) is 98.0 cm³/mol. The Labute approximate surface area is 146 Å². The smallest absolute Gasteiger partial charge is 0.317 e. The summed E-state index contributed by atoms with van der Waals surface area (Å²) in [7, 11) is 1.90. The minimum atomic E-state index is 0.0176. The Morgan fingerprint density at radius 2 is 1.83 bits per heavy atom. The zero-order valence-electron chi connectivity index (χ0n) is 15.2. The molecule has 4 heteroatoms. The van der Waals surface area contributed by atoms with E-state index in [2.05, 4.69) is 43.4 Å². The Morgan fingerprint density at radius 1 is 1.21 bits per heavy atom. The first kappa shape index (κ1) is 18.8. The van der Waals surface area contributed by atoms with Crippen molar-refractivity contribution in [2.75, 3.05) is 20.2 Å². The summed E-state index contributed by atoms with van der Waals surface area (Å²) in [5.41, 5.74) is 1.28. The van der Waals surface area contributed by atoms with Crippen molar-refractivity contribution >= 4 is 6.03 Å². The summed E-state index contributed by atoms with van der Waals surface area (Å²) in [5.74, 6) is 1.22. The standard InChI is InChI=1S/C20H32N2O2/c1-15(2)19(17-7-5-4-6-8-17)13-21-20(24)22(3)18-11-9-16(14-23)10-12-18/h4-8,15-16,18-19,23H,9-14H2,1-3H3,(H,21,24). The summed E-state index contributed by atoms with van der Waals surface area (Å²) < 4.78 is 0. The summed E-state index contributed by atoms with van der Waals surface area (Å²) >= 11 is 0. The van der Waals surface area contributed by atoms with Gasteiger partial charge in [-0.15, -0.1) is 0 Å². The van der Waals surface area contributed by atoms with Crippen molar-refractivity contribution < 1.29 is 9.90 Å². The average molecular weight is 332 g/mol. The van der Waals surface area contributed by atoms with Gasteiger partial charge in [0.2, 0.25) is 0 Å². The third kappa shape index (κ3) is 4.97. The first-order chi connectivity index (χ1) is 11.5. The number of nitrogens with zero attached hydrogens (tertiary/aromatic N) is 1. The largest absolute Gasteiger partial charge is 0.396 e. The minimum Gasteiger partial charge on any atom is -0.396 e. The van der Waals surface area contributed by atoms with Crippen LogP contribution < -0.4 is 5.32 Å². The number of nitrogens with one attached hydrogen (secondary N) is 1. The van der Waals surface area contributed by atoms with Gasteiger partial charge >= 0.3 is 6.03 Å². The zero-order chi connectivity index (χ0) is 17.5. The third-order valence-corrected chi connectivity index (χ3v) is 5.45. The molecule has 0 radical (unpaired) electrons. The molecule has 1 unspecified atom stereocenters. The van der Waals surface area contributed by atoms with Gasteiger partial charge in [-0.25, -0.2) is 4.79 Å². The molecule has 1 atom stereocenters. The summed E-state index contributed by atoms with van der Waals surface area (Å²) in [6.45, 7) is 5.33. The van der Waals surface area contributed by atoms with Crippen LogP contribution in [0, 0.1) is 11.8 Å². The Balaban J connectivity index is 1.87. The van der Waals surface area contributed by atoms with Crippen LogP contribution in [0.25, 0.3) is 0 Å². The highest BCUT2D eigenvalue weighted by Crippen LogP contribution is 2.27. The molecule has 0 bridgehead atoms. The molecule has 0 aromatic heterocycles. The highest BCUT2D eigenvalue weighted by Gasteiger charge is 2.26. The van der Waals surface area contributed by atoms with Crippen LogP contribution in [0.15, 0.2) is 30.3 Å². The molecule has 2 rings (SSSR count). The van der Waals surface area contributed by atoms with Crippen molar-refractivity contribution in [3.8, 4) is 0 Å². The minimum absolute atomic E-state index is 0.0176. The highest BCUT2D eigenvalue weighted by atomic mass is 16.3. The van der Waals surface area contributed by atoms with Gasteiger partial charge in [-0.1, -0.05) is 44.2 Å². The second kappa shape index (κ2) is 9.07. The fraction of sp³-hybridized carbons (Fsp3) is 0.650. The van der Waals surface area contributed by atoms with E-state index in [1.54, 1.807) is 0 Å². The van der Waals surface area contributed by atoms with Crippen LogP contribution in [0.4, 0.5) is 4.79 Å². The number of carbonyl (C=O) groups is 1. The van der Waals surface area contributed by atoms with E-state index >= 15 is 0 Å². The molecule has 1 aromatic carbocycles. The van der Waals surface area contributed by atoms with E-state index in [1.807, 2.05) is 18.0 Å². The molecule has 1 aromatic rings. The first-order valence-electron chi connectivity index (χ1n) is 9.19. The molecule has 4 nitrogen and oxygen atoms in total. The van der Waals surface area contributed by atoms with Gasteiger partial charge in [-0.2, -0.15) is 0 Å². The van der Waals surface area contributed by atoms with Gasteiger partial charge in [0, 0.05) is 32.2 Å². The topological polar surface area (TPSA) is 52.6 Å². The molecule has 0 aliphatic heterocycles. The molecule has 0 saturated heterocycles. The monoisotopic (exact) mass is 332 g/mol. The van der Waals surface area contributed by atoms with Crippen LogP contribution in [-0.4, -0.2) is 42.3 Å². The Morgan fingerprint density at radius 3 is 2.38 bits per heavy atom. The van der Waals surface area contributed by atoms with Crippen molar-refractivity contribution in [2.24, 2.45) is 11.8 Å². The molecule has 0 heterocycles. The van der Waals surface area contributed by atoms with Crippen LogP contribution in [-0.2, 0) is 0 Å². The first-order valence-corrected chi connectivity index (χ1v) is 9.19. The average Bonchev–Trinajstić information content (AvgIpc) is 2.61. The lowest BCUT2D eigenvalue weighted by molar-refractivity contribution is 0.133. The van der Waals surface area contributed by atoms with Gasteiger partial charge < -0.3 is 15.3 Å². The van der Waals surface area contributed by atoms with E-state index in [9.17, 15) is 9.90 Å². The lowest BCUT2D eigenvalue weighted by atomic mass is 9.86. The number of urea groups is 1. The normalized spacial score (nSPS) is 22.2. The second-order valence-electron chi connectivity index (χ2n) is 7.42. The zero-order valence-corrected chi connectivity index (χ0v) is 15.2. The number of benzene rings is 1. The summed E-state index contributed by atoms with van der Waals surface area (Å²) in [6, 6.07) is 10.7. The van der Waals surface area contributed by atoms with E-state index in [4.69, 9.17) is 0 Å². The highest BCUT2D eigenvalue weighted by molar-refractivity contribution is 5.74. The number of aliphatic hydroxyl groups is 1. The van der Waals surface area contributed by atoms with E-state index in [-0.39, 0.29) is 12.6 Å². The number of hydrogen-bond acceptors (Lipinski definition) is 2. The van der Waals surface area contributed by atoms with Crippen molar-refractivity contribution in [1.82, 2.24) is 10.2 Å². The van der Waals surface area contributed by atoms with E-state index in [1.165, 1.54) is 5.56 Å². The van der Waals surface area contributed by atoms with Crippen molar-refractivity contribution in [3.63, 3.8) is 0 Å². The third-order valence-electron chi connectivity index (χ3n) is 5.45. The number of rotatable bonds is 6. The van der Waals surface area contributed by atoms with Crippen LogP contribution in [0.5, 0.6) is 0 Å². The fourth-order valence-corrected chi connectivity index (χ4v) is 3.64. The maximum absolute atomic E-state index is 12.5. The number of aliphatic hydroxyl groups excluding tert-OH is 1. The molecule has 1 aliphatic rings. The molecule has 1 fully saturated rings. The molecule has 1 saturated carbocycles. The SMILES string of the molecule is CC(C)C(CNC(=O)N(C)C1CCC(CO)CC1)c1ccccc1. The molecular weight excluding hydrogens is 300 g/mol. The van der Waals surface area contributed by atoms with Crippen molar-refractivity contribution in [2.45, 2.75) is 51.5 Å². The summed E-state index contributed by atoms with van der Waals surface area (Å²) in [4.78, 5) is 14.4. The van der Waals surface area contributed by atoms with Crippen LogP contribution in [0.2, 0.25) is 0 Å². The van der Waals surface area contributed by atoms with Crippen molar-refractivity contribution in [3.05, 3.63) is 35.9 Å². The Kier molecular flexibility index (Phi) is 7.10. The molecule has 24 heavy (non-hydrogen) atoms. The molecule has 0 spiro atoms. The van der Waals surface area contributed by atoms with Gasteiger partial charge in [0.25, 0.3) is 0 Å². The van der Waals surface area contributed by atoms with E-state index in [0.717, 1.165) is 25.7 Å². The van der Waals surface area contributed by atoms with Gasteiger partial charge in [-0.05, 0) is 43.1 Å². The van der Waals surface area contributed by atoms with Gasteiger partial charge in [0.15, 0.2) is 0 Å². The Hall–Kier alpha value is -1.55. The fourth-order valence-electron chi connectivity index (χ4n) is 3.64. The maximum atomic E-state index is 12.5. The van der Waals surface area contributed by atoms with Gasteiger partial charge in [-0.3, -0.25) is 0 Å². The van der Waals surface area contributed by atoms with Crippen LogP contribution >= 0.6 is 0 Å². The van der Waals surface area contributed by atoms with E-state index < -0.39 is 0 Å². The van der Waals surface area contributed by atoms with Gasteiger partial charge in [0.1, 0.15) is 0 Å². The molecule has 134 valence electrons. The molecule has 1 aliphatic carbocycles. The van der Waals surface area contributed by atoms with E-state index in [0.29, 0.717) is 30.3 Å². The quantitative estimate of drug-likeness (QED) is 0.836. The van der Waals surface area contributed by atoms with Crippen LogP contribution in [0.1, 0.15) is 51.0 Å². The lowest BCUT2D eigenvalue weighted by Gasteiger charge is -2.34. The molecule has 2 N–H and O–H groups in total. The number of carbonyl (C=O) groups excluding carboxylic acids is 1. The van der Waals surface area contributed by atoms with Crippen LogP contribution in [0.3, 0.4) is 0 Å².